The van der Waals surface area contributed by atoms with Gasteiger partial charge in [0.2, 0.25) is 5.75 Å². The van der Waals surface area contributed by atoms with Gasteiger partial charge in [-0.05, 0) is 42.8 Å². The number of rotatable bonds is 4. The summed E-state index contributed by atoms with van der Waals surface area (Å²) in [4.78, 5) is 10.6. The Balaban J connectivity index is 2.42. The van der Waals surface area contributed by atoms with Gasteiger partial charge in [-0.15, -0.1) is 0 Å². The molecule has 0 bridgehead atoms. The summed E-state index contributed by atoms with van der Waals surface area (Å²) in [6.07, 6.45) is 0. The number of nitro benzene ring substituents is 1. The summed E-state index contributed by atoms with van der Waals surface area (Å²) in [6.45, 7) is 1.82. The van der Waals surface area contributed by atoms with Gasteiger partial charge in [0.25, 0.3) is 0 Å². The van der Waals surface area contributed by atoms with Crippen molar-refractivity contribution in [3.63, 3.8) is 0 Å². The van der Waals surface area contributed by atoms with Crippen LogP contribution in [0.2, 0.25) is 5.02 Å². The number of para-hydroxylation sites is 1. The summed E-state index contributed by atoms with van der Waals surface area (Å²) in [6, 6.07) is 9.63. The van der Waals surface area contributed by atoms with Gasteiger partial charge in [0.05, 0.1) is 4.92 Å². The van der Waals surface area contributed by atoms with Crippen LogP contribution in [0.4, 0.5) is 11.4 Å². The highest BCUT2D eigenvalue weighted by atomic mass is 35.5. The molecule has 20 heavy (non-hydrogen) atoms. The first kappa shape index (κ1) is 14.1. The zero-order chi connectivity index (χ0) is 14.7. The van der Waals surface area contributed by atoms with Crippen LogP contribution in [0, 0.1) is 17.0 Å². The molecule has 0 saturated carbocycles. The molecule has 3 N–H and O–H groups in total. The number of nitrogens with one attached hydrogen (secondary N) is 1. The first-order valence-electron chi connectivity index (χ1n) is 5.71. The second kappa shape index (κ2) is 5.77. The van der Waals surface area contributed by atoms with Gasteiger partial charge in [0.15, 0.2) is 0 Å². The van der Waals surface area contributed by atoms with Crippen molar-refractivity contribution in [1.82, 2.24) is 0 Å². The molecule has 2 aromatic carbocycles. The molecule has 0 aliphatic carbocycles. The van der Waals surface area contributed by atoms with E-state index in [1.54, 1.807) is 24.3 Å². The van der Waals surface area contributed by atoms with Crippen molar-refractivity contribution >= 4 is 23.0 Å². The number of benzene rings is 2. The topological polar surface area (TPSA) is 90.4 Å². The van der Waals surface area contributed by atoms with Gasteiger partial charge in [-0.2, -0.15) is 0 Å². The van der Waals surface area contributed by atoms with Gasteiger partial charge in [-0.3, -0.25) is 16.0 Å². The summed E-state index contributed by atoms with van der Waals surface area (Å²) < 4.78 is 5.55. The number of ether oxygens (including phenoxy) is 1. The number of nitrogen functional groups attached to an aromatic ring is 1. The molecule has 0 radical (unpaired) electrons. The van der Waals surface area contributed by atoms with Crippen LogP contribution in [0.1, 0.15) is 5.56 Å². The van der Waals surface area contributed by atoms with Crippen molar-refractivity contribution in [2.45, 2.75) is 6.92 Å². The van der Waals surface area contributed by atoms with Crippen molar-refractivity contribution in [2.24, 2.45) is 5.84 Å². The Kier molecular flexibility index (Phi) is 4.07. The molecule has 104 valence electrons. The van der Waals surface area contributed by atoms with E-state index in [4.69, 9.17) is 22.2 Å². The Bertz CT molecular complexity index is 661. The van der Waals surface area contributed by atoms with E-state index in [0.717, 1.165) is 5.56 Å². The smallest absolute Gasteiger partial charge is 0.335 e. The van der Waals surface area contributed by atoms with Gasteiger partial charge in [0, 0.05) is 5.02 Å². The SMILES string of the molecule is Cc1cc(Oc2cccc(NN)c2[N+](=O)[O-])ccc1Cl. The lowest BCUT2D eigenvalue weighted by Gasteiger charge is -2.10. The summed E-state index contributed by atoms with van der Waals surface area (Å²) in [7, 11) is 0. The molecule has 0 fully saturated rings. The van der Waals surface area contributed by atoms with Crippen LogP contribution in [-0.2, 0) is 0 Å². The summed E-state index contributed by atoms with van der Waals surface area (Å²) in [5.74, 6) is 5.83. The van der Waals surface area contributed by atoms with E-state index in [0.29, 0.717) is 10.8 Å². The Hall–Kier alpha value is -2.31. The van der Waals surface area contributed by atoms with E-state index in [1.165, 1.54) is 12.1 Å². The minimum atomic E-state index is -0.548. The van der Waals surface area contributed by atoms with Gasteiger partial charge >= 0.3 is 5.69 Å². The molecular weight excluding hydrogens is 282 g/mol. The first-order chi connectivity index (χ1) is 9.52. The molecule has 0 amide bonds. The maximum atomic E-state index is 11.1. The second-order valence-electron chi connectivity index (χ2n) is 4.07. The lowest BCUT2D eigenvalue weighted by molar-refractivity contribution is -0.384. The molecule has 7 heteroatoms. The monoisotopic (exact) mass is 293 g/mol. The number of nitrogens with zero attached hydrogens (tertiary/aromatic N) is 1. The third-order valence-corrected chi connectivity index (χ3v) is 3.12. The van der Waals surface area contributed by atoms with Gasteiger partial charge < -0.3 is 10.2 Å². The van der Waals surface area contributed by atoms with Crippen LogP contribution in [0.5, 0.6) is 11.5 Å². The van der Waals surface area contributed by atoms with Crippen molar-refractivity contribution in [3.8, 4) is 11.5 Å². The van der Waals surface area contributed by atoms with Crippen LogP contribution < -0.4 is 16.0 Å². The van der Waals surface area contributed by atoms with Crippen molar-refractivity contribution in [1.29, 1.82) is 0 Å². The highest BCUT2D eigenvalue weighted by molar-refractivity contribution is 6.31. The number of hydrazine groups is 1. The van der Waals surface area contributed by atoms with Gasteiger partial charge in [-0.25, -0.2) is 0 Å². The van der Waals surface area contributed by atoms with E-state index >= 15 is 0 Å². The minimum Gasteiger partial charge on any atom is -0.450 e. The molecule has 0 saturated heterocycles. The highest BCUT2D eigenvalue weighted by Gasteiger charge is 2.21. The number of aryl methyl sites for hydroxylation is 1. The number of hydrogen-bond donors (Lipinski definition) is 2. The first-order valence-corrected chi connectivity index (χ1v) is 6.08. The van der Waals surface area contributed by atoms with Crippen LogP contribution in [0.15, 0.2) is 36.4 Å². The standard InChI is InChI=1S/C13H12ClN3O3/c1-8-7-9(5-6-10(8)14)20-12-4-2-3-11(16-15)13(12)17(18)19/h2-7,16H,15H2,1H3. The zero-order valence-corrected chi connectivity index (χ0v) is 11.3. The number of nitro groups is 1. The predicted octanol–water partition coefficient (Wildman–Crippen LogP) is 3.63. The lowest BCUT2D eigenvalue weighted by atomic mass is 10.2. The minimum absolute atomic E-state index is 0.104. The third kappa shape index (κ3) is 2.81. The van der Waals surface area contributed by atoms with E-state index in [2.05, 4.69) is 5.43 Å². The molecule has 0 aliphatic rings. The molecule has 2 aromatic rings. The molecule has 6 nitrogen and oxygen atoms in total. The third-order valence-electron chi connectivity index (χ3n) is 2.69. The fraction of sp³-hybridized carbons (Fsp3) is 0.0769. The van der Waals surface area contributed by atoms with Crippen LogP contribution in [-0.4, -0.2) is 4.92 Å². The maximum absolute atomic E-state index is 11.1. The lowest BCUT2D eigenvalue weighted by Crippen LogP contribution is -2.09. The molecule has 0 spiro atoms. The van der Waals surface area contributed by atoms with Crippen molar-refractivity contribution in [3.05, 3.63) is 57.1 Å². The molecule has 0 unspecified atom stereocenters. The Morgan fingerprint density at radius 2 is 2.10 bits per heavy atom. The molecule has 0 aromatic heterocycles. The summed E-state index contributed by atoms with van der Waals surface area (Å²) in [5, 5.41) is 11.7. The maximum Gasteiger partial charge on any atom is 0.335 e. The number of halogens is 1. The Morgan fingerprint density at radius 1 is 1.35 bits per heavy atom. The predicted molar refractivity (Wildman–Crippen MR) is 77.2 cm³/mol. The zero-order valence-electron chi connectivity index (χ0n) is 10.6. The van der Waals surface area contributed by atoms with E-state index in [-0.39, 0.29) is 17.1 Å². The van der Waals surface area contributed by atoms with E-state index in [1.807, 2.05) is 6.92 Å². The average Bonchev–Trinajstić information content (AvgIpc) is 2.42. The Labute approximate surface area is 120 Å². The Morgan fingerprint density at radius 3 is 2.70 bits per heavy atom. The molecule has 0 aliphatic heterocycles. The summed E-state index contributed by atoms with van der Waals surface area (Å²) >= 11 is 5.92. The van der Waals surface area contributed by atoms with Crippen LogP contribution in [0.25, 0.3) is 0 Å². The van der Waals surface area contributed by atoms with Crippen LogP contribution in [0.3, 0.4) is 0 Å². The van der Waals surface area contributed by atoms with Gasteiger partial charge in [0.1, 0.15) is 11.4 Å². The quantitative estimate of drug-likeness (QED) is 0.510. The number of anilines is 1. The largest absolute Gasteiger partial charge is 0.450 e. The highest BCUT2D eigenvalue weighted by Crippen LogP contribution is 2.37. The van der Waals surface area contributed by atoms with E-state index < -0.39 is 4.92 Å². The fourth-order valence-corrected chi connectivity index (χ4v) is 1.83. The molecule has 2 rings (SSSR count). The number of hydrogen-bond acceptors (Lipinski definition) is 5. The van der Waals surface area contributed by atoms with Crippen molar-refractivity contribution < 1.29 is 9.66 Å². The van der Waals surface area contributed by atoms with Crippen molar-refractivity contribution in [2.75, 3.05) is 5.43 Å². The average molecular weight is 294 g/mol. The number of nitrogens with two attached hydrogens (primary N) is 1. The van der Waals surface area contributed by atoms with Crippen LogP contribution >= 0.6 is 11.6 Å². The molecule has 0 heterocycles. The molecule has 0 atom stereocenters. The van der Waals surface area contributed by atoms with Gasteiger partial charge in [-0.1, -0.05) is 17.7 Å². The summed E-state index contributed by atoms with van der Waals surface area (Å²) in [5.41, 5.74) is 3.06. The second-order valence-corrected chi connectivity index (χ2v) is 4.47. The normalized spacial score (nSPS) is 10.2. The van der Waals surface area contributed by atoms with E-state index in [9.17, 15) is 10.1 Å². The molecular formula is C13H12ClN3O3. The fourth-order valence-electron chi connectivity index (χ4n) is 1.72.